The number of hydrogen-bond acceptors (Lipinski definition) is 2. The summed E-state index contributed by atoms with van der Waals surface area (Å²) in [5.74, 6) is 1.48. The van der Waals surface area contributed by atoms with Gasteiger partial charge in [-0.05, 0) is 12.1 Å². The first-order valence-electron chi connectivity index (χ1n) is 4.88. The Labute approximate surface area is 93.7 Å². The number of rotatable bonds is 3. The van der Waals surface area contributed by atoms with Crippen molar-refractivity contribution in [3.05, 3.63) is 42.2 Å². The lowest BCUT2D eigenvalue weighted by molar-refractivity contribution is 0.887. The molecule has 0 bridgehead atoms. The van der Waals surface area contributed by atoms with Crippen LogP contribution in [0.1, 0.15) is 18.4 Å². The third-order valence-electron chi connectivity index (χ3n) is 2.25. The zero-order valence-electron chi connectivity index (χ0n) is 8.52. The zero-order chi connectivity index (χ0) is 10.7. The van der Waals surface area contributed by atoms with Crippen LogP contribution in [0.25, 0.3) is 5.69 Å². The summed E-state index contributed by atoms with van der Waals surface area (Å²) in [6.45, 7) is 2.09. The fourth-order valence-corrected chi connectivity index (χ4v) is 1.67. The Morgan fingerprint density at radius 3 is 2.93 bits per heavy atom. The number of aromatic nitrogens is 3. The maximum Gasteiger partial charge on any atom is 0.112 e. The van der Waals surface area contributed by atoms with Gasteiger partial charge in [-0.15, -0.1) is 11.6 Å². The molecule has 15 heavy (non-hydrogen) atoms. The molecule has 2 heterocycles. The standard InChI is InChI=1S/C11H12ClN3/c1-2-11-14-5-6-15(11)10-3-4-13-9(7-10)8-12/h3-7H,2,8H2,1H3. The van der Waals surface area contributed by atoms with Crippen LogP contribution in [-0.4, -0.2) is 14.5 Å². The maximum atomic E-state index is 5.75. The first kappa shape index (κ1) is 10.2. The normalized spacial score (nSPS) is 10.5. The fraction of sp³-hybridized carbons (Fsp3) is 0.273. The molecule has 0 saturated carbocycles. The van der Waals surface area contributed by atoms with E-state index in [2.05, 4.69) is 21.5 Å². The molecule has 3 nitrogen and oxygen atoms in total. The molecule has 0 unspecified atom stereocenters. The summed E-state index contributed by atoms with van der Waals surface area (Å²) in [5, 5.41) is 0. The van der Waals surface area contributed by atoms with E-state index in [1.807, 2.05) is 18.3 Å². The Balaban J connectivity index is 2.44. The summed E-state index contributed by atoms with van der Waals surface area (Å²) < 4.78 is 2.05. The Hall–Kier alpha value is -1.35. The quantitative estimate of drug-likeness (QED) is 0.746. The molecule has 0 radical (unpaired) electrons. The molecule has 0 atom stereocenters. The van der Waals surface area contributed by atoms with Gasteiger partial charge in [-0.2, -0.15) is 0 Å². The van der Waals surface area contributed by atoms with Gasteiger partial charge in [-0.3, -0.25) is 4.98 Å². The molecule has 0 spiro atoms. The minimum absolute atomic E-state index is 0.435. The predicted molar refractivity (Wildman–Crippen MR) is 60.3 cm³/mol. The molecule has 4 heteroatoms. The van der Waals surface area contributed by atoms with Crippen LogP contribution in [-0.2, 0) is 12.3 Å². The van der Waals surface area contributed by atoms with Crippen molar-refractivity contribution in [2.24, 2.45) is 0 Å². The lowest BCUT2D eigenvalue weighted by Crippen LogP contribution is -2.00. The van der Waals surface area contributed by atoms with Gasteiger partial charge in [0.15, 0.2) is 0 Å². The minimum Gasteiger partial charge on any atom is -0.304 e. The van der Waals surface area contributed by atoms with E-state index in [0.717, 1.165) is 23.6 Å². The van der Waals surface area contributed by atoms with Crippen molar-refractivity contribution in [1.82, 2.24) is 14.5 Å². The fourth-order valence-electron chi connectivity index (χ4n) is 1.52. The van der Waals surface area contributed by atoms with Crippen LogP contribution in [0.5, 0.6) is 0 Å². The van der Waals surface area contributed by atoms with E-state index in [9.17, 15) is 0 Å². The van der Waals surface area contributed by atoms with Crippen molar-refractivity contribution in [3.63, 3.8) is 0 Å². The van der Waals surface area contributed by atoms with Crippen LogP contribution in [0.3, 0.4) is 0 Å². The van der Waals surface area contributed by atoms with Gasteiger partial charge in [-0.1, -0.05) is 6.92 Å². The molecular weight excluding hydrogens is 210 g/mol. The van der Waals surface area contributed by atoms with Crippen LogP contribution in [0.4, 0.5) is 0 Å². The molecule has 0 aliphatic rings. The molecule has 0 amide bonds. The lowest BCUT2D eigenvalue weighted by Gasteiger charge is -2.06. The van der Waals surface area contributed by atoms with E-state index in [1.54, 1.807) is 12.4 Å². The van der Waals surface area contributed by atoms with E-state index in [4.69, 9.17) is 11.6 Å². The lowest BCUT2D eigenvalue weighted by atomic mass is 10.3. The van der Waals surface area contributed by atoms with Gasteiger partial charge in [0.2, 0.25) is 0 Å². The Morgan fingerprint density at radius 2 is 2.20 bits per heavy atom. The van der Waals surface area contributed by atoms with Gasteiger partial charge in [0.25, 0.3) is 0 Å². The third kappa shape index (κ3) is 2.02. The second-order valence-electron chi connectivity index (χ2n) is 3.21. The smallest absolute Gasteiger partial charge is 0.112 e. The molecule has 0 saturated heterocycles. The molecule has 2 rings (SSSR count). The summed E-state index contributed by atoms with van der Waals surface area (Å²) in [7, 11) is 0. The van der Waals surface area contributed by atoms with E-state index >= 15 is 0 Å². The van der Waals surface area contributed by atoms with Gasteiger partial charge in [-0.25, -0.2) is 4.98 Å². The second kappa shape index (κ2) is 4.45. The first-order chi connectivity index (χ1) is 7.35. The van der Waals surface area contributed by atoms with Gasteiger partial charge < -0.3 is 4.57 Å². The highest BCUT2D eigenvalue weighted by molar-refractivity contribution is 6.16. The summed E-state index contributed by atoms with van der Waals surface area (Å²) in [6.07, 6.45) is 6.43. The average Bonchev–Trinajstić information content (AvgIpc) is 2.77. The van der Waals surface area contributed by atoms with Gasteiger partial charge in [0, 0.05) is 25.0 Å². The van der Waals surface area contributed by atoms with Crippen molar-refractivity contribution in [1.29, 1.82) is 0 Å². The van der Waals surface area contributed by atoms with Crippen molar-refractivity contribution >= 4 is 11.6 Å². The summed E-state index contributed by atoms with van der Waals surface area (Å²) >= 11 is 5.75. The maximum absolute atomic E-state index is 5.75. The highest BCUT2D eigenvalue weighted by Gasteiger charge is 2.03. The number of halogens is 1. The van der Waals surface area contributed by atoms with E-state index < -0.39 is 0 Å². The van der Waals surface area contributed by atoms with Crippen LogP contribution in [0.2, 0.25) is 0 Å². The van der Waals surface area contributed by atoms with Crippen molar-refractivity contribution in [2.75, 3.05) is 0 Å². The number of imidazole rings is 1. The molecular formula is C11H12ClN3. The second-order valence-corrected chi connectivity index (χ2v) is 3.47. The van der Waals surface area contributed by atoms with Gasteiger partial charge in [0.05, 0.1) is 17.3 Å². The van der Waals surface area contributed by atoms with Crippen molar-refractivity contribution in [2.45, 2.75) is 19.2 Å². The minimum atomic E-state index is 0.435. The summed E-state index contributed by atoms with van der Waals surface area (Å²) in [5.41, 5.74) is 1.94. The molecule has 2 aromatic heterocycles. The Morgan fingerprint density at radius 1 is 1.33 bits per heavy atom. The number of pyridine rings is 1. The summed E-state index contributed by atoms with van der Waals surface area (Å²) in [4.78, 5) is 8.43. The Kier molecular flexibility index (Phi) is 3.02. The number of hydrogen-bond donors (Lipinski definition) is 0. The molecule has 0 aromatic carbocycles. The van der Waals surface area contributed by atoms with Crippen LogP contribution < -0.4 is 0 Å². The number of alkyl halides is 1. The molecule has 0 fully saturated rings. The molecule has 0 N–H and O–H groups in total. The first-order valence-corrected chi connectivity index (χ1v) is 5.42. The van der Waals surface area contributed by atoms with E-state index in [0.29, 0.717) is 5.88 Å². The highest BCUT2D eigenvalue weighted by Crippen LogP contribution is 2.12. The van der Waals surface area contributed by atoms with Crippen molar-refractivity contribution in [3.8, 4) is 5.69 Å². The van der Waals surface area contributed by atoms with Crippen LogP contribution in [0, 0.1) is 0 Å². The topological polar surface area (TPSA) is 30.7 Å². The molecule has 2 aromatic rings. The van der Waals surface area contributed by atoms with Crippen molar-refractivity contribution < 1.29 is 0 Å². The molecule has 78 valence electrons. The third-order valence-corrected chi connectivity index (χ3v) is 2.52. The predicted octanol–water partition coefficient (Wildman–Crippen LogP) is 2.57. The number of nitrogens with zero attached hydrogens (tertiary/aromatic N) is 3. The SMILES string of the molecule is CCc1nccn1-c1ccnc(CCl)c1. The molecule has 0 aliphatic carbocycles. The largest absolute Gasteiger partial charge is 0.304 e. The van der Waals surface area contributed by atoms with Crippen LogP contribution >= 0.6 is 11.6 Å². The number of aryl methyl sites for hydroxylation is 1. The average molecular weight is 222 g/mol. The zero-order valence-corrected chi connectivity index (χ0v) is 9.28. The monoisotopic (exact) mass is 221 g/mol. The van der Waals surface area contributed by atoms with E-state index in [1.165, 1.54) is 0 Å². The van der Waals surface area contributed by atoms with E-state index in [-0.39, 0.29) is 0 Å². The Bertz CT molecular complexity index is 451. The van der Waals surface area contributed by atoms with Crippen LogP contribution in [0.15, 0.2) is 30.7 Å². The summed E-state index contributed by atoms with van der Waals surface area (Å²) in [6, 6.07) is 3.94. The van der Waals surface area contributed by atoms with Gasteiger partial charge in [0.1, 0.15) is 5.82 Å². The highest BCUT2D eigenvalue weighted by atomic mass is 35.5. The molecule has 0 aliphatic heterocycles. The van der Waals surface area contributed by atoms with Gasteiger partial charge >= 0.3 is 0 Å².